The summed E-state index contributed by atoms with van der Waals surface area (Å²) in [7, 11) is 3.28. The molecule has 0 aliphatic heterocycles. The summed E-state index contributed by atoms with van der Waals surface area (Å²) in [6.45, 7) is 4.82. The van der Waals surface area contributed by atoms with E-state index >= 15 is 0 Å². The Morgan fingerprint density at radius 3 is 1.22 bits per heavy atom. The van der Waals surface area contributed by atoms with E-state index in [-0.39, 0.29) is 45.9 Å². The Balaban J connectivity index is 0.000000956. The molecule has 0 unspecified atom stereocenters. The van der Waals surface area contributed by atoms with Gasteiger partial charge in [-0.15, -0.1) is 0 Å². The van der Waals surface area contributed by atoms with Crippen molar-refractivity contribution in [1.82, 2.24) is 10.6 Å². The zero-order valence-electron chi connectivity index (χ0n) is 33.7. The van der Waals surface area contributed by atoms with Crippen LogP contribution in [0.3, 0.4) is 0 Å². The number of aliphatic hydroxyl groups is 2. The van der Waals surface area contributed by atoms with Crippen LogP contribution in [0.5, 0.6) is 23.0 Å². The highest BCUT2D eigenvalue weighted by Gasteiger charge is 2.14. The lowest BCUT2D eigenvalue weighted by Crippen LogP contribution is -2.32. The molecule has 4 aromatic rings. The van der Waals surface area contributed by atoms with Crippen molar-refractivity contribution in [3.05, 3.63) is 119 Å². The van der Waals surface area contributed by atoms with Crippen molar-refractivity contribution >= 4 is 36.1 Å². The highest BCUT2D eigenvalue weighted by atomic mass is 16.5. The molecule has 0 aliphatic carbocycles. The molecule has 60 heavy (non-hydrogen) atoms. The van der Waals surface area contributed by atoms with Gasteiger partial charge in [0, 0.05) is 37.3 Å². The van der Waals surface area contributed by atoms with Crippen molar-refractivity contribution in [2.45, 2.75) is 51.0 Å². The second-order valence-electron chi connectivity index (χ2n) is 12.8. The number of benzene rings is 4. The number of carboxylic acid groups (broad SMARTS) is 2. The quantitative estimate of drug-likeness (QED) is 0.0348. The third-order valence-corrected chi connectivity index (χ3v) is 8.33. The average Bonchev–Trinajstić information content (AvgIpc) is 3.21. The molecule has 328 valence electrons. The number of aliphatic hydroxyl groups excluding tert-OH is 2. The van der Waals surface area contributed by atoms with Gasteiger partial charge in [-0.05, 0) is 97.5 Å². The number of nitrogens with one attached hydrogen (secondary N) is 4. The first-order chi connectivity index (χ1) is 27.7. The number of anilines is 2. The van der Waals surface area contributed by atoms with Crippen LogP contribution >= 0.6 is 0 Å². The molecule has 18 nitrogen and oxygen atoms in total. The van der Waals surface area contributed by atoms with Crippen molar-refractivity contribution in [3.8, 4) is 23.0 Å². The second kappa shape index (κ2) is 28.8. The van der Waals surface area contributed by atoms with Gasteiger partial charge in [-0.2, -0.15) is 0 Å². The maximum atomic E-state index is 10.5. The van der Waals surface area contributed by atoms with Gasteiger partial charge in [0.15, 0.2) is 0 Å². The van der Waals surface area contributed by atoms with E-state index in [1.807, 2.05) is 62.4 Å². The molecule has 4 atom stereocenters. The molecule has 2 amide bonds. The molecule has 0 aliphatic rings. The van der Waals surface area contributed by atoms with Crippen LogP contribution < -0.4 is 30.7 Å². The third kappa shape index (κ3) is 20.2. The molecule has 0 saturated heterocycles. The average molecular weight is 841 g/mol. The first kappa shape index (κ1) is 53.5. The minimum absolute atomic E-state index is 0. The van der Waals surface area contributed by atoms with E-state index < -0.39 is 24.1 Å². The van der Waals surface area contributed by atoms with Gasteiger partial charge < -0.3 is 72.3 Å². The molecule has 0 saturated carbocycles. The summed E-state index contributed by atoms with van der Waals surface area (Å²) in [5, 5.41) is 66.9. The van der Waals surface area contributed by atoms with Gasteiger partial charge in [0.2, 0.25) is 12.8 Å². The van der Waals surface area contributed by atoms with Crippen molar-refractivity contribution in [2.24, 2.45) is 0 Å². The topological polar surface area (TPSA) is 319 Å². The SMILES string of the molecule is COc1ccc(C[C@@H](C)NC[C@H](O)c2ccc(O)c(NC=O)c2)cc1.COc1ccc(C[C@@H](C)NC[C@H](O)c2ccc(O)c(NC=O)c2)cc1.O.O.O=C(O)C=CC(=O)O. The number of methoxy groups -OCH3 is 2. The van der Waals surface area contributed by atoms with E-state index in [4.69, 9.17) is 19.7 Å². The Labute approximate surface area is 347 Å². The summed E-state index contributed by atoms with van der Waals surface area (Å²) >= 11 is 0. The van der Waals surface area contributed by atoms with Crippen molar-refractivity contribution in [2.75, 3.05) is 37.9 Å². The molecule has 4 rings (SSSR count). The van der Waals surface area contributed by atoms with Gasteiger partial charge in [-0.25, -0.2) is 9.59 Å². The Bertz CT molecular complexity index is 1770. The molecular weight excluding hydrogens is 784 g/mol. The lowest BCUT2D eigenvalue weighted by Gasteiger charge is -2.18. The minimum atomic E-state index is -1.26. The van der Waals surface area contributed by atoms with Crippen molar-refractivity contribution in [3.63, 3.8) is 0 Å². The van der Waals surface area contributed by atoms with E-state index in [1.165, 1.54) is 23.3 Å². The number of aromatic hydroxyl groups is 2. The number of carbonyl (C=O) groups excluding carboxylic acids is 2. The lowest BCUT2D eigenvalue weighted by atomic mass is 10.1. The Morgan fingerprint density at radius 1 is 0.600 bits per heavy atom. The van der Waals surface area contributed by atoms with E-state index in [2.05, 4.69) is 21.3 Å². The number of amides is 2. The number of rotatable bonds is 20. The summed E-state index contributed by atoms with van der Waals surface area (Å²) in [5.41, 5.74) is 4.14. The summed E-state index contributed by atoms with van der Waals surface area (Å²) in [4.78, 5) is 40.2. The molecule has 14 N–H and O–H groups in total. The number of hydrogen-bond acceptors (Lipinski definition) is 12. The van der Waals surface area contributed by atoms with Crippen LogP contribution in [0.1, 0.15) is 48.3 Å². The van der Waals surface area contributed by atoms with Gasteiger partial charge >= 0.3 is 11.9 Å². The molecule has 0 fully saturated rings. The van der Waals surface area contributed by atoms with Crippen molar-refractivity contribution in [1.29, 1.82) is 0 Å². The van der Waals surface area contributed by atoms with Gasteiger partial charge in [0.25, 0.3) is 0 Å². The van der Waals surface area contributed by atoms with E-state index in [0.29, 0.717) is 49.2 Å². The van der Waals surface area contributed by atoms with E-state index in [9.17, 15) is 39.6 Å². The molecule has 0 aromatic heterocycles. The lowest BCUT2D eigenvalue weighted by molar-refractivity contribution is -0.134. The number of phenolic OH excluding ortho intramolecular Hbond substituents is 2. The van der Waals surface area contributed by atoms with Gasteiger partial charge in [0.1, 0.15) is 23.0 Å². The van der Waals surface area contributed by atoms with Gasteiger partial charge in [-0.1, -0.05) is 36.4 Å². The number of hydrogen-bond donors (Lipinski definition) is 10. The fourth-order valence-electron chi connectivity index (χ4n) is 5.26. The Hall–Kier alpha value is -6.54. The monoisotopic (exact) mass is 840 g/mol. The van der Waals surface area contributed by atoms with Crippen LogP contribution in [0.25, 0.3) is 0 Å². The maximum absolute atomic E-state index is 10.5. The van der Waals surface area contributed by atoms with Crippen molar-refractivity contribution < 1.29 is 70.2 Å². The van der Waals surface area contributed by atoms with Crippen LogP contribution in [-0.4, -0.2) is 106 Å². The van der Waals surface area contributed by atoms with Crippen LogP contribution in [0.4, 0.5) is 11.4 Å². The van der Waals surface area contributed by atoms with Crippen LogP contribution in [0.2, 0.25) is 0 Å². The predicted octanol–water partition coefficient (Wildman–Crippen LogP) is 2.51. The standard InChI is InChI=1S/2C19H24N2O4.C4H4O4.2H2O/c2*1-13(9-14-3-6-16(25-2)7-4-14)20-11-19(24)15-5-8-18(23)17(10-15)21-12-22;5-3(6)1-2-4(7)8;;/h2*3-8,10,12-13,19-20,23-24H,9,11H2,1-2H3,(H,21,22);1-2H,(H,5,6)(H,7,8);2*1H2/t2*13-,19+;;;/m11.../s1. The number of aliphatic carboxylic acids is 2. The number of carboxylic acids is 2. The Kier molecular flexibility index (Phi) is 25.7. The molecule has 18 heteroatoms. The Morgan fingerprint density at radius 2 is 0.933 bits per heavy atom. The fraction of sp³-hybridized carbons (Fsp3) is 0.286. The molecule has 0 radical (unpaired) electrons. The molecule has 0 heterocycles. The first-order valence-corrected chi connectivity index (χ1v) is 18.0. The zero-order chi connectivity index (χ0) is 43.0. The van der Waals surface area contributed by atoms with E-state index in [1.54, 1.807) is 38.5 Å². The zero-order valence-corrected chi connectivity index (χ0v) is 33.7. The number of carbonyl (C=O) groups is 4. The predicted molar refractivity (Wildman–Crippen MR) is 225 cm³/mol. The molecule has 4 aromatic carbocycles. The van der Waals surface area contributed by atoms with Crippen LogP contribution in [-0.2, 0) is 32.0 Å². The highest BCUT2D eigenvalue weighted by molar-refractivity contribution is 5.89. The molecule has 0 bridgehead atoms. The number of ether oxygens (including phenoxy) is 2. The smallest absolute Gasteiger partial charge is 0.328 e. The molecule has 0 spiro atoms. The summed E-state index contributed by atoms with van der Waals surface area (Å²) in [6, 6.07) is 25.4. The van der Waals surface area contributed by atoms with Gasteiger partial charge in [-0.3, -0.25) is 9.59 Å². The first-order valence-electron chi connectivity index (χ1n) is 18.0. The third-order valence-electron chi connectivity index (χ3n) is 8.33. The maximum Gasteiger partial charge on any atom is 0.328 e. The minimum Gasteiger partial charge on any atom is -0.506 e. The van der Waals surface area contributed by atoms with Crippen LogP contribution in [0, 0.1) is 0 Å². The van der Waals surface area contributed by atoms with Crippen LogP contribution in [0.15, 0.2) is 97.1 Å². The highest BCUT2D eigenvalue weighted by Crippen LogP contribution is 2.28. The number of phenols is 2. The summed E-state index contributed by atoms with van der Waals surface area (Å²) < 4.78 is 10.3. The largest absolute Gasteiger partial charge is 0.506 e. The normalized spacial score (nSPS) is 12.2. The van der Waals surface area contributed by atoms with Gasteiger partial charge in [0.05, 0.1) is 37.8 Å². The summed E-state index contributed by atoms with van der Waals surface area (Å²) in [5.74, 6) is -0.939. The second-order valence-corrected chi connectivity index (χ2v) is 12.8. The fourth-order valence-corrected chi connectivity index (χ4v) is 5.26. The molecular formula is C42H56N4O14. The summed E-state index contributed by atoms with van der Waals surface area (Å²) in [6.07, 6.45) is 2.25. The van der Waals surface area contributed by atoms with E-state index in [0.717, 1.165) is 24.3 Å².